The topological polar surface area (TPSA) is 216 Å². The molecular weight excluding hydrogens is 384 g/mol. The zero-order valence-corrected chi connectivity index (χ0v) is 13.8. The minimum absolute atomic E-state index is 0.673. The Kier molecular flexibility index (Phi) is 9.07. The maximum absolute atomic E-state index is 11.6. The van der Waals surface area contributed by atoms with Gasteiger partial charge in [-0.2, -0.15) is 8.42 Å². The van der Waals surface area contributed by atoms with Gasteiger partial charge < -0.3 is 19.7 Å². The summed E-state index contributed by atoms with van der Waals surface area (Å²) in [5, 5.41) is 14.1. The highest BCUT2D eigenvalue weighted by atomic mass is 32.2. The third-order valence-electron chi connectivity index (χ3n) is 2.50. The minimum atomic E-state index is -5.25. The first-order chi connectivity index (χ1) is 11.8. The second-order valence-corrected chi connectivity index (χ2v) is 6.23. The van der Waals surface area contributed by atoms with E-state index in [1.165, 1.54) is 0 Å². The summed E-state index contributed by atoms with van der Waals surface area (Å²) in [4.78, 5) is 65.9. The molecule has 146 valence electrons. The summed E-state index contributed by atoms with van der Waals surface area (Å²) in [6.07, 6.45) is -4.29. The maximum atomic E-state index is 11.6. The molecule has 0 spiro atoms. The van der Waals surface area contributed by atoms with Gasteiger partial charge in [0.1, 0.15) is 0 Å². The van der Waals surface area contributed by atoms with Crippen LogP contribution in [0.2, 0.25) is 0 Å². The number of ether oxygens (including phenoxy) is 2. The molecule has 14 heteroatoms. The summed E-state index contributed by atoms with van der Waals surface area (Å²) in [6, 6.07) is 0. The number of hydrogen-bond acceptors (Lipinski definition) is 10. The second kappa shape index (κ2) is 10.2. The van der Waals surface area contributed by atoms with Crippen LogP contribution in [0, 0.1) is 0 Å². The van der Waals surface area contributed by atoms with Crippen molar-refractivity contribution in [3.63, 3.8) is 0 Å². The lowest BCUT2D eigenvalue weighted by molar-refractivity contribution is -0.165. The lowest BCUT2D eigenvalue weighted by Gasteiger charge is -2.11. The van der Waals surface area contributed by atoms with Crippen LogP contribution in [0.4, 0.5) is 0 Å². The van der Waals surface area contributed by atoms with Gasteiger partial charge in [0.05, 0.1) is 32.1 Å². The standard InChI is InChI=1S/C12H14O13S/c13-7(14)1-3-9(17)24-11(19)5-6(26(21,22)23)12(20)25-10(18)4-2-8(15)16/h6H,1-5H2,(H,13,14)(H,15,16)(H,21,22,23). The summed E-state index contributed by atoms with van der Waals surface area (Å²) < 4.78 is 39.3. The SMILES string of the molecule is O=C(O)CCC(=O)OC(=O)CC(C(=O)OC(=O)CCC(=O)O)S(=O)(=O)O. The third kappa shape index (κ3) is 10.1. The molecule has 0 bridgehead atoms. The van der Waals surface area contributed by atoms with E-state index in [0.29, 0.717) is 0 Å². The molecule has 0 aliphatic rings. The van der Waals surface area contributed by atoms with E-state index >= 15 is 0 Å². The monoisotopic (exact) mass is 398 g/mol. The van der Waals surface area contributed by atoms with Gasteiger partial charge in [-0.3, -0.25) is 33.3 Å². The Hall–Kier alpha value is -2.87. The summed E-state index contributed by atoms with van der Waals surface area (Å²) in [5.74, 6) is -8.98. The first kappa shape index (κ1) is 23.1. The minimum Gasteiger partial charge on any atom is -0.481 e. The smallest absolute Gasteiger partial charge is 0.335 e. The quantitative estimate of drug-likeness (QED) is 0.217. The van der Waals surface area contributed by atoms with E-state index in [9.17, 15) is 37.2 Å². The first-order valence-corrected chi connectivity index (χ1v) is 8.21. The van der Waals surface area contributed by atoms with E-state index in [4.69, 9.17) is 14.8 Å². The van der Waals surface area contributed by atoms with Gasteiger partial charge in [0, 0.05) is 0 Å². The number of carboxylic acids is 2. The predicted octanol–water partition coefficient (Wildman–Crippen LogP) is -1.50. The second-order valence-electron chi connectivity index (χ2n) is 4.63. The summed E-state index contributed by atoms with van der Waals surface area (Å²) >= 11 is 0. The van der Waals surface area contributed by atoms with Gasteiger partial charge in [0.2, 0.25) is 0 Å². The fraction of sp³-hybridized carbons (Fsp3) is 0.500. The molecule has 0 rings (SSSR count). The average molecular weight is 398 g/mol. The first-order valence-electron chi connectivity index (χ1n) is 6.70. The summed E-state index contributed by atoms with van der Waals surface area (Å²) in [6.45, 7) is 0. The molecule has 1 unspecified atom stereocenters. The van der Waals surface area contributed by atoms with Crippen LogP contribution >= 0.6 is 0 Å². The third-order valence-corrected chi connectivity index (χ3v) is 3.58. The summed E-state index contributed by atoms with van der Waals surface area (Å²) in [7, 11) is -5.25. The number of carbonyl (C=O) groups excluding carboxylic acids is 4. The molecule has 0 radical (unpaired) electrons. The molecule has 0 amide bonds. The van der Waals surface area contributed by atoms with Crippen LogP contribution in [-0.4, -0.2) is 64.2 Å². The highest BCUT2D eigenvalue weighted by molar-refractivity contribution is 7.87. The Balaban J connectivity index is 4.85. The molecule has 26 heavy (non-hydrogen) atoms. The molecule has 0 aromatic heterocycles. The average Bonchev–Trinajstić information content (AvgIpc) is 2.47. The Morgan fingerprint density at radius 1 is 0.731 bits per heavy atom. The van der Waals surface area contributed by atoms with E-state index in [0.717, 1.165) is 0 Å². The molecule has 0 heterocycles. The molecule has 1 atom stereocenters. The van der Waals surface area contributed by atoms with Crippen LogP contribution in [0.5, 0.6) is 0 Å². The van der Waals surface area contributed by atoms with Crippen molar-refractivity contribution in [1.82, 2.24) is 0 Å². The fourth-order valence-corrected chi connectivity index (χ4v) is 1.97. The largest absolute Gasteiger partial charge is 0.481 e. The molecule has 0 aromatic rings. The Morgan fingerprint density at radius 3 is 1.54 bits per heavy atom. The Labute approximate surface area is 145 Å². The van der Waals surface area contributed by atoms with Gasteiger partial charge in [-0.15, -0.1) is 0 Å². The molecular formula is C12H14O13S. The normalized spacial score (nSPS) is 11.9. The highest BCUT2D eigenvalue weighted by Gasteiger charge is 2.37. The Bertz CT molecular complexity index is 705. The molecule has 0 saturated carbocycles. The van der Waals surface area contributed by atoms with Gasteiger partial charge in [0.25, 0.3) is 10.1 Å². The number of esters is 4. The zero-order valence-electron chi connectivity index (χ0n) is 12.9. The van der Waals surface area contributed by atoms with E-state index in [-0.39, 0.29) is 0 Å². The summed E-state index contributed by atoms with van der Waals surface area (Å²) in [5.41, 5.74) is 0. The number of carbonyl (C=O) groups is 6. The van der Waals surface area contributed by atoms with Crippen LogP contribution in [-0.2, 0) is 48.4 Å². The van der Waals surface area contributed by atoms with Gasteiger partial charge in [0.15, 0.2) is 5.25 Å². The van der Waals surface area contributed by atoms with E-state index < -0.39 is 83.3 Å². The van der Waals surface area contributed by atoms with Crippen molar-refractivity contribution in [3.05, 3.63) is 0 Å². The van der Waals surface area contributed by atoms with Crippen molar-refractivity contribution in [2.45, 2.75) is 37.4 Å². The van der Waals surface area contributed by atoms with Crippen LogP contribution in [0.25, 0.3) is 0 Å². The van der Waals surface area contributed by atoms with Crippen molar-refractivity contribution in [2.75, 3.05) is 0 Å². The molecule has 0 aromatic carbocycles. The number of rotatable bonds is 10. The van der Waals surface area contributed by atoms with Gasteiger partial charge >= 0.3 is 35.8 Å². The molecule has 0 aliphatic heterocycles. The van der Waals surface area contributed by atoms with Gasteiger partial charge in [-0.1, -0.05) is 0 Å². The molecule has 0 saturated heterocycles. The number of carboxylic acid groups (broad SMARTS) is 2. The van der Waals surface area contributed by atoms with Crippen molar-refractivity contribution < 1.29 is 61.4 Å². The molecule has 0 fully saturated rings. The van der Waals surface area contributed by atoms with Crippen molar-refractivity contribution in [1.29, 1.82) is 0 Å². The van der Waals surface area contributed by atoms with Crippen LogP contribution in [0.15, 0.2) is 0 Å². The predicted molar refractivity (Wildman–Crippen MR) is 75.9 cm³/mol. The fourth-order valence-electron chi connectivity index (χ4n) is 1.33. The lowest BCUT2D eigenvalue weighted by atomic mass is 10.3. The number of hydrogen-bond donors (Lipinski definition) is 3. The van der Waals surface area contributed by atoms with Crippen molar-refractivity contribution in [3.8, 4) is 0 Å². The van der Waals surface area contributed by atoms with Crippen molar-refractivity contribution in [2.24, 2.45) is 0 Å². The van der Waals surface area contributed by atoms with E-state index in [1.807, 2.05) is 0 Å². The van der Waals surface area contributed by atoms with E-state index in [2.05, 4.69) is 9.47 Å². The number of aliphatic carboxylic acids is 2. The van der Waals surface area contributed by atoms with E-state index in [1.54, 1.807) is 0 Å². The lowest BCUT2D eigenvalue weighted by Crippen LogP contribution is -2.36. The maximum Gasteiger partial charge on any atom is 0.335 e. The highest BCUT2D eigenvalue weighted by Crippen LogP contribution is 2.10. The molecule has 0 aliphatic carbocycles. The van der Waals surface area contributed by atoms with Gasteiger partial charge in [-0.05, 0) is 0 Å². The Morgan fingerprint density at radius 2 is 1.15 bits per heavy atom. The van der Waals surface area contributed by atoms with Crippen LogP contribution in [0.3, 0.4) is 0 Å². The van der Waals surface area contributed by atoms with Crippen molar-refractivity contribution >= 4 is 45.9 Å². The molecule has 3 N–H and O–H groups in total. The molecule has 13 nitrogen and oxygen atoms in total. The van der Waals surface area contributed by atoms with Gasteiger partial charge in [-0.25, -0.2) is 0 Å². The zero-order chi connectivity index (χ0) is 20.5. The van der Waals surface area contributed by atoms with Crippen LogP contribution in [0.1, 0.15) is 32.1 Å². The van der Waals surface area contributed by atoms with Crippen LogP contribution < -0.4 is 0 Å².